The molecule has 3 aliphatic rings. The number of rotatable bonds is 4. The molecule has 2 atom stereocenters. The maximum absolute atomic E-state index is 12.7. The summed E-state index contributed by atoms with van der Waals surface area (Å²) in [5.74, 6) is 1.25. The zero-order valence-electron chi connectivity index (χ0n) is 17.0. The Labute approximate surface area is 172 Å². The second-order valence-corrected chi connectivity index (χ2v) is 8.41. The van der Waals surface area contributed by atoms with Gasteiger partial charge in [-0.3, -0.25) is 9.79 Å². The Kier molecular flexibility index (Phi) is 5.96. The number of hydrogen-bond acceptors (Lipinski definition) is 5. The molecule has 0 saturated carbocycles. The number of benzene rings is 1. The number of nitriles is 1. The number of aliphatic imine (C=N–C) groups is 1. The van der Waals surface area contributed by atoms with Gasteiger partial charge < -0.3 is 16.0 Å². The van der Waals surface area contributed by atoms with Crippen LogP contribution in [0.15, 0.2) is 29.3 Å². The highest BCUT2D eigenvalue weighted by atomic mass is 16.2. The van der Waals surface area contributed by atoms with Crippen LogP contribution in [0.3, 0.4) is 0 Å². The Hall–Kier alpha value is -2.65. The molecular weight excluding hydrogens is 362 g/mol. The van der Waals surface area contributed by atoms with Crippen LogP contribution in [-0.2, 0) is 4.79 Å². The summed E-state index contributed by atoms with van der Waals surface area (Å²) in [7, 11) is 0. The normalized spacial score (nSPS) is 24.8. The van der Waals surface area contributed by atoms with Crippen LogP contribution in [-0.4, -0.2) is 37.4 Å². The van der Waals surface area contributed by atoms with Gasteiger partial charge in [0.25, 0.3) is 5.91 Å². The molecule has 1 fully saturated rings. The van der Waals surface area contributed by atoms with Gasteiger partial charge in [0.05, 0.1) is 12.6 Å². The van der Waals surface area contributed by atoms with E-state index >= 15 is 0 Å². The van der Waals surface area contributed by atoms with E-state index in [0.717, 1.165) is 50.0 Å². The summed E-state index contributed by atoms with van der Waals surface area (Å²) in [6, 6.07) is 8.17. The minimum absolute atomic E-state index is 0.246. The lowest BCUT2D eigenvalue weighted by Gasteiger charge is -2.26. The topological polar surface area (TPSA) is 89.3 Å². The SMILES string of the molecule is CC1CC=C(c2cc(C3CCNCC3)ccc2NC(=O)C2=NCC(C#N)N2)CC1. The fourth-order valence-corrected chi connectivity index (χ4v) is 4.39. The lowest BCUT2D eigenvalue weighted by atomic mass is 9.84. The van der Waals surface area contributed by atoms with Crippen molar-refractivity contribution in [3.05, 3.63) is 35.4 Å². The van der Waals surface area contributed by atoms with Crippen LogP contribution in [0.25, 0.3) is 5.57 Å². The highest BCUT2D eigenvalue weighted by Crippen LogP contribution is 2.37. The van der Waals surface area contributed by atoms with Crippen molar-refractivity contribution in [1.82, 2.24) is 10.6 Å². The van der Waals surface area contributed by atoms with Crippen molar-refractivity contribution in [2.75, 3.05) is 25.0 Å². The molecule has 2 aliphatic heterocycles. The molecule has 1 aromatic carbocycles. The van der Waals surface area contributed by atoms with E-state index in [1.54, 1.807) is 0 Å². The van der Waals surface area contributed by atoms with E-state index in [2.05, 4.69) is 52.1 Å². The predicted molar refractivity (Wildman–Crippen MR) is 116 cm³/mol. The smallest absolute Gasteiger partial charge is 0.290 e. The molecule has 3 N–H and O–H groups in total. The average molecular weight is 392 g/mol. The molecule has 6 nitrogen and oxygen atoms in total. The Bertz CT molecular complexity index is 876. The summed E-state index contributed by atoms with van der Waals surface area (Å²) in [6.07, 6.45) is 7.93. The molecule has 0 radical (unpaired) electrons. The molecule has 1 aromatic rings. The zero-order chi connectivity index (χ0) is 20.2. The van der Waals surface area contributed by atoms with Gasteiger partial charge in [0.15, 0.2) is 5.84 Å². The Morgan fingerprint density at radius 1 is 1.28 bits per heavy atom. The van der Waals surface area contributed by atoms with Gasteiger partial charge in [0.2, 0.25) is 0 Å². The second-order valence-electron chi connectivity index (χ2n) is 8.41. The molecule has 1 amide bonds. The first kappa shape index (κ1) is 19.7. The molecule has 6 heteroatoms. The minimum atomic E-state index is -0.417. The van der Waals surface area contributed by atoms with Crippen LogP contribution in [0.2, 0.25) is 0 Å². The van der Waals surface area contributed by atoms with Crippen LogP contribution in [0.4, 0.5) is 5.69 Å². The molecule has 1 aliphatic carbocycles. The van der Waals surface area contributed by atoms with Crippen molar-refractivity contribution < 1.29 is 4.79 Å². The standard InChI is InChI=1S/C23H29N5O/c1-15-2-4-17(5-3-15)20-12-18(16-8-10-25-11-9-16)6-7-21(20)28-23(29)22-26-14-19(13-24)27-22/h4,6-7,12,15-16,19,25H,2-3,5,8-11,14H2,1H3,(H,26,27)(H,28,29). The van der Waals surface area contributed by atoms with Crippen molar-refractivity contribution in [3.8, 4) is 6.07 Å². The highest BCUT2D eigenvalue weighted by molar-refractivity contribution is 6.42. The molecule has 0 spiro atoms. The number of carbonyl (C=O) groups is 1. The summed E-state index contributed by atoms with van der Waals surface area (Å²) in [4.78, 5) is 16.9. The molecular formula is C23H29N5O. The maximum atomic E-state index is 12.7. The molecule has 1 saturated heterocycles. The molecule has 2 unspecified atom stereocenters. The third-order valence-corrected chi connectivity index (χ3v) is 6.24. The predicted octanol–water partition coefficient (Wildman–Crippen LogP) is 3.19. The summed E-state index contributed by atoms with van der Waals surface area (Å²) >= 11 is 0. The Balaban J connectivity index is 1.60. The first-order valence-corrected chi connectivity index (χ1v) is 10.7. The number of amides is 1. The van der Waals surface area contributed by atoms with E-state index in [1.165, 1.54) is 17.6 Å². The largest absolute Gasteiger partial charge is 0.349 e. The van der Waals surface area contributed by atoms with E-state index in [9.17, 15) is 4.79 Å². The zero-order valence-corrected chi connectivity index (χ0v) is 17.0. The Morgan fingerprint density at radius 3 is 2.79 bits per heavy atom. The van der Waals surface area contributed by atoms with Crippen LogP contribution in [0, 0.1) is 17.2 Å². The van der Waals surface area contributed by atoms with E-state index in [0.29, 0.717) is 18.4 Å². The molecule has 0 aromatic heterocycles. The number of hydrogen-bond donors (Lipinski definition) is 3. The van der Waals surface area contributed by atoms with Gasteiger partial charge >= 0.3 is 0 Å². The second kappa shape index (κ2) is 8.79. The Morgan fingerprint density at radius 2 is 2.10 bits per heavy atom. The maximum Gasteiger partial charge on any atom is 0.290 e. The molecule has 29 heavy (non-hydrogen) atoms. The summed E-state index contributed by atoms with van der Waals surface area (Å²) in [6.45, 7) is 4.73. The van der Waals surface area contributed by atoms with E-state index < -0.39 is 6.04 Å². The van der Waals surface area contributed by atoms with Crippen LogP contribution < -0.4 is 16.0 Å². The van der Waals surface area contributed by atoms with Crippen molar-refractivity contribution >= 4 is 23.0 Å². The van der Waals surface area contributed by atoms with Crippen LogP contribution >= 0.6 is 0 Å². The van der Waals surface area contributed by atoms with Gasteiger partial charge in [-0.15, -0.1) is 0 Å². The average Bonchev–Trinajstić information content (AvgIpc) is 3.25. The third-order valence-electron chi connectivity index (χ3n) is 6.24. The number of carbonyl (C=O) groups excluding carboxylic acids is 1. The summed E-state index contributed by atoms with van der Waals surface area (Å²) < 4.78 is 0. The van der Waals surface area contributed by atoms with E-state index in [-0.39, 0.29) is 11.7 Å². The molecule has 2 heterocycles. The van der Waals surface area contributed by atoms with Gasteiger partial charge in [-0.2, -0.15) is 5.26 Å². The van der Waals surface area contributed by atoms with Gasteiger partial charge in [-0.1, -0.05) is 19.1 Å². The molecule has 0 bridgehead atoms. The number of piperidine rings is 1. The third kappa shape index (κ3) is 4.51. The lowest BCUT2D eigenvalue weighted by molar-refractivity contribution is -0.110. The molecule has 4 rings (SSSR count). The highest BCUT2D eigenvalue weighted by Gasteiger charge is 2.24. The van der Waals surface area contributed by atoms with Gasteiger partial charge in [-0.05, 0) is 80.3 Å². The molecule has 152 valence electrons. The van der Waals surface area contributed by atoms with E-state index in [4.69, 9.17) is 5.26 Å². The fraction of sp³-hybridized carbons (Fsp3) is 0.522. The van der Waals surface area contributed by atoms with Crippen LogP contribution in [0.5, 0.6) is 0 Å². The quantitative estimate of drug-likeness (QED) is 0.735. The van der Waals surface area contributed by atoms with E-state index in [1.807, 2.05) is 6.07 Å². The number of anilines is 1. The first-order valence-electron chi connectivity index (χ1n) is 10.7. The van der Waals surface area contributed by atoms with Crippen molar-refractivity contribution in [1.29, 1.82) is 5.26 Å². The van der Waals surface area contributed by atoms with Crippen molar-refractivity contribution in [2.45, 2.75) is 51.0 Å². The van der Waals surface area contributed by atoms with Crippen LogP contribution in [0.1, 0.15) is 56.1 Å². The van der Waals surface area contributed by atoms with Gasteiger partial charge in [-0.25, -0.2) is 0 Å². The van der Waals surface area contributed by atoms with Gasteiger partial charge in [0, 0.05) is 11.3 Å². The number of nitrogens with zero attached hydrogens (tertiary/aromatic N) is 2. The minimum Gasteiger partial charge on any atom is -0.349 e. The number of nitrogens with one attached hydrogen (secondary N) is 3. The van der Waals surface area contributed by atoms with Gasteiger partial charge in [0.1, 0.15) is 6.04 Å². The number of amidine groups is 1. The van der Waals surface area contributed by atoms with Crippen molar-refractivity contribution in [2.24, 2.45) is 10.9 Å². The number of allylic oxidation sites excluding steroid dienone is 2. The summed E-state index contributed by atoms with van der Waals surface area (Å²) in [5.41, 5.74) is 4.65. The monoisotopic (exact) mass is 391 g/mol. The first-order chi connectivity index (χ1) is 14.1. The lowest BCUT2D eigenvalue weighted by Crippen LogP contribution is -2.37. The van der Waals surface area contributed by atoms with Crippen molar-refractivity contribution in [3.63, 3.8) is 0 Å². The fourth-order valence-electron chi connectivity index (χ4n) is 4.39. The summed E-state index contributed by atoms with van der Waals surface area (Å²) in [5, 5.41) is 18.4.